The molecule has 1 amide bonds. The molecule has 3 aromatic rings. The van der Waals surface area contributed by atoms with E-state index in [0.29, 0.717) is 10.7 Å². The second kappa shape index (κ2) is 9.75. The van der Waals surface area contributed by atoms with Gasteiger partial charge in [0.2, 0.25) is 15.9 Å². The molecule has 0 aliphatic carbocycles. The van der Waals surface area contributed by atoms with Crippen molar-refractivity contribution in [2.75, 3.05) is 17.2 Å². The molecule has 0 aromatic heterocycles. The van der Waals surface area contributed by atoms with Crippen LogP contribution in [0.3, 0.4) is 0 Å². The average molecular weight is 444 g/mol. The summed E-state index contributed by atoms with van der Waals surface area (Å²) in [6.45, 7) is 1.59. The molecule has 0 saturated heterocycles. The fraction of sp³-hybridized carbons (Fsp3) is 0.136. The van der Waals surface area contributed by atoms with E-state index in [0.717, 1.165) is 11.3 Å². The summed E-state index contributed by atoms with van der Waals surface area (Å²) in [7, 11) is -3.69. The predicted octanol–water partition coefficient (Wildman–Crippen LogP) is 4.43. The van der Waals surface area contributed by atoms with Crippen LogP contribution >= 0.6 is 11.6 Å². The molecule has 3 rings (SSSR count). The molecular formula is C22H22ClN3O3S. The molecule has 0 fully saturated rings. The normalized spacial score (nSPS) is 12.2. The molecule has 0 saturated carbocycles. The first kappa shape index (κ1) is 21.8. The fourth-order valence-corrected chi connectivity index (χ4v) is 4.06. The van der Waals surface area contributed by atoms with Gasteiger partial charge in [0.1, 0.15) is 0 Å². The molecule has 0 aliphatic heterocycles. The minimum absolute atomic E-state index is 0.141. The van der Waals surface area contributed by atoms with Gasteiger partial charge in [-0.3, -0.25) is 4.79 Å². The zero-order valence-electron chi connectivity index (χ0n) is 16.3. The molecule has 156 valence electrons. The average Bonchev–Trinajstić information content (AvgIpc) is 2.73. The second-order valence-corrected chi connectivity index (χ2v) is 8.88. The Morgan fingerprint density at radius 3 is 2.10 bits per heavy atom. The summed E-state index contributed by atoms with van der Waals surface area (Å²) in [6.07, 6.45) is 0. The van der Waals surface area contributed by atoms with Crippen LogP contribution in [0.15, 0.2) is 83.8 Å². The zero-order valence-corrected chi connectivity index (χ0v) is 17.9. The minimum Gasteiger partial charge on any atom is -0.377 e. The number of hydrogen-bond donors (Lipinski definition) is 3. The van der Waals surface area contributed by atoms with Crippen molar-refractivity contribution >= 4 is 38.9 Å². The van der Waals surface area contributed by atoms with Crippen LogP contribution in [-0.2, 0) is 14.8 Å². The van der Waals surface area contributed by atoms with Crippen LogP contribution in [-0.4, -0.2) is 20.9 Å². The highest BCUT2D eigenvalue weighted by Crippen LogP contribution is 2.22. The first-order valence-electron chi connectivity index (χ1n) is 9.28. The van der Waals surface area contributed by atoms with E-state index in [9.17, 15) is 13.2 Å². The molecule has 1 atom stereocenters. The van der Waals surface area contributed by atoms with Crippen molar-refractivity contribution < 1.29 is 13.2 Å². The zero-order chi connectivity index (χ0) is 21.6. The number of halogens is 1. The summed E-state index contributed by atoms with van der Waals surface area (Å²) in [5.74, 6) is -0.144. The van der Waals surface area contributed by atoms with Crippen LogP contribution in [0.4, 0.5) is 11.4 Å². The van der Waals surface area contributed by atoms with Gasteiger partial charge in [-0.05, 0) is 54.1 Å². The number of hydrogen-bond acceptors (Lipinski definition) is 4. The summed E-state index contributed by atoms with van der Waals surface area (Å²) < 4.78 is 28.0. The number of nitrogens with one attached hydrogen (secondary N) is 3. The molecule has 0 aliphatic rings. The third-order valence-corrected chi connectivity index (χ3v) is 6.04. The highest BCUT2D eigenvalue weighted by Gasteiger charge is 2.18. The van der Waals surface area contributed by atoms with Crippen LogP contribution in [0.5, 0.6) is 0 Å². The molecule has 0 radical (unpaired) electrons. The van der Waals surface area contributed by atoms with Crippen molar-refractivity contribution in [1.82, 2.24) is 4.72 Å². The van der Waals surface area contributed by atoms with Gasteiger partial charge < -0.3 is 10.6 Å². The van der Waals surface area contributed by atoms with E-state index in [1.165, 1.54) is 19.1 Å². The van der Waals surface area contributed by atoms with Crippen LogP contribution in [0.1, 0.15) is 18.5 Å². The quantitative estimate of drug-likeness (QED) is 0.480. The minimum atomic E-state index is -3.69. The van der Waals surface area contributed by atoms with Crippen LogP contribution in [0, 0.1) is 0 Å². The number of rotatable bonds is 8. The van der Waals surface area contributed by atoms with E-state index in [-0.39, 0.29) is 23.4 Å². The van der Waals surface area contributed by atoms with Crippen LogP contribution < -0.4 is 15.4 Å². The predicted molar refractivity (Wildman–Crippen MR) is 120 cm³/mol. The Labute approximate surface area is 181 Å². The Morgan fingerprint density at radius 2 is 1.50 bits per heavy atom. The van der Waals surface area contributed by atoms with E-state index in [1.807, 2.05) is 42.5 Å². The van der Waals surface area contributed by atoms with Gasteiger partial charge in [0, 0.05) is 29.9 Å². The molecule has 0 unspecified atom stereocenters. The number of benzene rings is 3. The summed E-state index contributed by atoms with van der Waals surface area (Å²) in [4.78, 5) is 11.3. The Bertz CT molecular complexity index is 1090. The van der Waals surface area contributed by atoms with Gasteiger partial charge in [-0.1, -0.05) is 41.9 Å². The molecule has 6 nitrogen and oxygen atoms in total. The van der Waals surface area contributed by atoms with Crippen molar-refractivity contribution in [3.05, 3.63) is 89.4 Å². The molecule has 0 heterocycles. The highest BCUT2D eigenvalue weighted by atomic mass is 35.5. The van der Waals surface area contributed by atoms with E-state index in [4.69, 9.17) is 11.6 Å². The van der Waals surface area contributed by atoms with Gasteiger partial charge >= 0.3 is 0 Å². The third kappa shape index (κ3) is 6.06. The van der Waals surface area contributed by atoms with E-state index < -0.39 is 10.0 Å². The number of carbonyl (C=O) groups excluding carboxylic acids is 1. The van der Waals surface area contributed by atoms with E-state index in [2.05, 4.69) is 15.4 Å². The molecule has 0 bridgehead atoms. The van der Waals surface area contributed by atoms with Crippen molar-refractivity contribution in [3.63, 3.8) is 0 Å². The summed E-state index contributed by atoms with van der Waals surface area (Å²) in [5, 5.41) is 6.54. The van der Waals surface area contributed by atoms with Crippen molar-refractivity contribution in [1.29, 1.82) is 0 Å². The SMILES string of the molecule is CC(=O)Nc1ccc(N[C@H](CNS(=O)(=O)c2ccc(Cl)cc2)c2ccccc2)cc1. The van der Waals surface area contributed by atoms with Crippen molar-refractivity contribution in [3.8, 4) is 0 Å². The maximum absolute atomic E-state index is 12.7. The molecule has 30 heavy (non-hydrogen) atoms. The molecule has 0 spiro atoms. The number of anilines is 2. The fourth-order valence-electron chi connectivity index (χ4n) is 2.88. The smallest absolute Gasteiger partial charge is 0.240 e. The third-order valence-electron chi connectivity index (χ3n) is 4.35. The van der Waals surface area contributed by atoms with Gasteiger partial charge in [0.25, 0.3) is 0 Å². The van der Waals surface area contributed by atoms with Crippen LogP contribution in [0.2, 0.25) is 5.02 Å². The Kier molecular flexibility index (Phi) is 7.10. The van der Waals surface area contributed by atoms with Gasteiger partial charge in [0.05, 0.1) is 10.9 Å². The first-order valence-corrected chi connectivity index (χ1v) is 11.1. The highest BCUT2D eigenvalue weighted by molar-refractivity contribution is 7.89. The van der Waals surface area contributed by atoms with Crippen molar-refractivity contribution in [2.24, 2.45) is 0 Å². The van der Waals surface area contributed by atoms with E-state index in [1.54, 1.807) is 24.3 Å². The number of amides is 1. The lowest BCUT2D eigenvalue weighted by Crippen LogP contribution is -2.31. The van der Waals surface area contributed by atoms with Gasteiger partial charge in [-0.25, -0.2) is 13.1 Å². The Balaban J connectivity index is 1.76. The van der Waals surface area contributed by atoms with Gasteiger partial charge in [-0.2, -0.15) is 0 Å². The maximum atomic E-state index is 12.7. The lowest BCUT2D eigenvalue weighted by Gasteiger charge is -2.21. The van der Waals surface area contributed by atoms with Gasteiger partial charge in [0.15, 0.2) is 0 Å². The van der Waals surface area contributed by atoms with E-state index >= 15 is 0 Å². The lowest BCUT2D eigenvalue weighted by molar-refractivity contribution is -0.114. The molecule has 8 heteroatoms. The standard InChI is InChI=1S/C22H22ClN3O3S/c1-16(27)25-19-9-11-20(12-10-19)26-22(17-5-3-2-4-6-17)15-24-30(28,29)21-13-7-18(23)8-14-21/h2-14,22,24,26H,15H2,1H3,(H,25,27)/t22-/m1/s1. The maximum Gasteiger partial charge on any atom is 0.240 e. The summed E-state index contributed by atoms with van der Waals surface area (Å²) in [5.41, 5.74) is 2.42. The summed E-state index contributed by atoms with van der Waals surface area (Å²) in [6, 6.07) is 22.5. The van der Waals surface area contributed by atoms with Gasteiger partial charge in [-0.15, -0.1) is 0 Å². The lowest BCUT2D eigenvalue weighted by atomic mass is 10.1. The Hall–Kier alpha value is -2.87. The largest absolute Gasteiger partial charge is 0.377 e. The first-order chi connectivity index (χ1) is 14.3. The molecule has 3 N–H and O–H groups in total. The van der Waals surface area contributed by atoms with Crippen LogP contribution in [0.25, 0.3) is 0 Å². The van der Waals surface area contributed by atoms with Crippen molar-refractivity contribution in [2.45, 2.75) is 17.9 Å². The number of carbonyl (C=O) groups is 1. The summed E-state index contributed by atoms with van der Waals surface area (Å²) >= 11 is 5.85. The monoisotopic (exact) mass is 443 g/mol. The topological polar surface area (TPSA) is 87.3 Å². The molecule has 3 aromatic carbocycles. The second-order valence-electron chi connectivity index (χ2n) is 6.67. The number of sulfonamides is 1. The Morgan fingerprint density at radius 1 is 0.900 bits per heavy atom. The molecular weight excluding hydrogens is 422 g/mol.